The van der Waals surface area contributed by atoms with Gasteiger partial charge in [0.2, 0.25) is 0 Å². The van der Waals surface area contributed by atoms with Crippen LogP contribution in [0, 0.1) is 0 Å². The minimum absolute atomic E-state index is 0.257. The molecule has 1 unspecified atom stereocenters. The predicted molar refractivity (Wildman–Crippen MR) is 44.0 cm³/mol. The highest BCUT2D eigenvalue weighted by molar-refractivity contribution is 5.71. The lowest BCUT2D eigenvalue weighted by molar-refractivity contribution is 0.111. The van der Waals surface area contributed by atoms with Crippen LogP contribution in [0.25, 0.3) is 0 Å². The lowest BCUT2D eigenvalue weighted by atomic mass is 10.2. The van der Waals surface area contributed by atoms with E-state index in [2.05, 4.69) is 10.3 Å². The minimum Gasteiger partial charge on any atom is -0.323 e. The minimum atomic E-state index is 0.257. The van der Waals surface area contributed by atoms with Crippen LogP contribution in [0.2, 0.25) is 0 Å². The van der Waals surface area contributed by atoms with E-state index in [0.717, 1.165) is 25.2 Å². The molecule has 2 heterocycles. The quantitative estimate of drug-likeness (QED) is 0.611. The first-order valence-corrected chi connectivity index (χ1v) is 4.07. The smallest absolute Gasteiger partial charge is 0.168 e. The second-order valence-corrected chi connectivity index (χ2v) is 2.99. The van der Waals surface area contributed by atoms with Crippen LogP contribution in [-0.2, 0) is 6.54 Å². The molecule has 1 N–H and O–H groups in total. The SMILES string of the molecule is CC1NCCn2c(C=O)cnc21. The summed E-state index contributed by atoms with van der Waals surface area (Å²) in [6.45, 7) is 3.80. The van der Waals surface area contributed by atoms with Crippen molar-refractivity contribution in [2.75, 3.05) is 6.54 Å². The predicted octanol–water partition coefficient (Wildman–Crippen LogP) is 0.360. The summed E-state index contributed by atoms with van der Waals surface area (Å²) in [6, 6.07) is 0.257. The largest absolute Gasteiger partial charge is 0.323 e. The van der Waals surface area contributed by atoms with Crippen LogP contribution in [0.3, 0.4) is 0 Å². The molecule has 1 aliphatic heterocycles. The van der Waals surface area contributed by atoms with Gasteiger partial charge in [-0.2, -0.15) is 0 Å². The topological polar surface area (TPSA) is 46.9 Å². The van der Waals surface area contributed by atoms with Crippen LogP contribution in [0.4, 0.5) is 0 Å². The first-order valence-electron chi connectivity index (χ1n) is 4.07. The van der Waals surface area contributed by atoms with Gasteiger partial charge >= 0.3 is 0 Å². The number of hydrogen-bond donors (Lipinski definition) is 1. The Balaban J connectivity index is 2.47. The van der Waals surface area contributed by atoms with Gasteiger partial charge < -0.3 is 9.88 Å². The number of nitrogens with zero attached hydrogens (tertiary/aromatic N) is 2. The Kier molecular flexibility index (Phi) is 1.69. The van der Waals surface area contributed by atoms with E-state index in [9.17, 15) is 4.79 Å². The number of nitrogens with one attached hydrogen (secondary N) is 1. The Bertz CT molecular complexity index is 305. The van der Waals surface area contributed by atoms with E-state index in [4.69, 9.17) is 0 Å². The van der Waals surface area contributed by atoms with Crippen molar-refractivity contribution in [3.05, 3.63) is 17.7 Å². The second-order valence-electron chi connectivity index (χ2n) is 2.99. The fourth-order valence-electron chi connectivity index (χ4n) is 1.57. The van der Waals surface area contributed by atoms with Crippen LogP contribution >= 0.6 is 0 Å². The van der Waals surface area contributed by atoms with E-state index in [-0.39, 0.29) is 6.04 Å². The third-order valence-electron chi connectivity index (χ3n) is 2.21. The first kappa shape index (κ1) is 7.49. The van der Waals surface area contributed by atoms with E-state index < -0.39 is 0 Å². The number of aromatic nitrogens is 2. The van der Waals surface area contributed by atoms with Gasteiger partial charge in [-0.3, -0.25) is 4.79 Å². The van der Waals surface area contributed by atoms with Crippen molar-refractivity contribution in [3.8, 4) is 0 Å². The van der Waals surface area contributed by atoms with Crippen LogP contribution in [0.15, 0.2) is 6.20 Å². The monoisotopic (exact) mass is 165 g/mol. The number of carbonyl (C=O) groups is 1. The van der Waals surface area contributed by atoms with Crippen molar-refractivity contribution in [3.63, 3.8) is 0 Å². The Hall–Kier alpha value is -1.16. The summed E-state index contributed by atoms with van der Waals surface area (Å²) in [5, 5.41) is 3.28. The summed E-state index contributed by atoms with van der Waals surface area (Å²) in [5.41, 5.74) is 0.679. The summed E-state index contributed by atoms with van der Waals surface area (Å²) >= 11 is 0. The average molecular weight is 165 g/mol. The fraction of sp³-hybridized carbons (Fsp3) is 0.500. The molecule has 1 aromatic heterocycles. The Morgan fingerprint density at radius 2 is 2.67 bits per heavy atom. The summed E-state index contributed by atoms with van der Waals surface area (Å²) in [4.78, 5) is 14.7. The molecule has 0 amide bonds. The summed E-state index contributed by atoms with van der Waals surface area (Å²) < 4.78 is 1.97. The molecule has 0 aliphatic carbocycles. The third kappa shape index (κ3) is 0.956. The van der Waals surface area contributed by atoms with Crippen LogP contribution in [0.1, 0.15) is 29.3 Å². The zero-order valence-corrected chi connectivity index (χ0v) is 6.95. The van der Waals surface area contributed by atoms with Crippen molar-refractivity contribution in [1.29, 1.82) is 0 Å². The van der Waals surface area contributed by atoms with E-state index in [0.29, 0.717) is 5.69 Å². The molecule has 4 nitrogen and oxygen atoms in total. The van der Waals surface area contributed by atoms with Gasteiger partial charge in [0.05, 0.1) is 12.2 Å². The normalized spacial score (nSPS) is 21.9. The molecule has 4 heteroatoms. The molecule has 1 aromatic rings. The lowest BCUT2D eigenvalue weighted by Gasteiger charge is -2.22. The van der Waals surface area contributed by atoms with E-state index >= 15 is 0 Å². The number of aldehydes is 1. The fourth-order valence-corrected chi connectivity index (χ4v) is 1.57. The molecule has 0 fully saturated rings. The van der Waals surface area contributed by atoms with Crippen molar-refractivity contribution >= 4 is 6.29 Å². The molecule has 1 atom stereocenters. The molecule has 0 radical (unpaired) electrons. The molecule has 1 aliphatic rings. The zero-order chi connectivity index (χ0) is 8.55. The number of fused-ring (bicyclic) bond motifs is 1. The Labute approximate surface area is 70.6 Å². The van der Waals surface area contributed by atoms with Gasteiger partial charge in [0, 0.05) is 13.1 Å². The highest BCUT2D eigenvalue weighted by Crippen LogP contribution is 2.15. The molecule has 0 spiro atoms. The van der Waals surface area contributed by atoms with Crippen molar-refractivity contribution in [2.45, 2.75) is 19.5 Å². The van der Waals surface area contributed by atoms with Crippen LogP contribution in [0.5, 0.6) is 0 Å². The number of imidazole rings is 1. The molecular formula is C8H11N3O. The average Bonchev–Trinajstić information content (AvgIpc) is 2.49. The van der Waals surface area contributed by atoms with Gasteiger partial charge in [-0.25, -0.2) is 4.98 Å². The number of hydrogen-bond acceptors (Lipinski definition) is 3. The molecule has 0 saturated heterocycles. The molecule has 64 valence electrons. The summed E-state index contributed by atoms with van der Waals surface area (Å²) in [6.07, 6.45) is 2.49. The maximum atomic E-state index is 10.6. The van der Waals surface area contributed by atoms with Gasteiger partial charge in [0.25, 0.3) is 0 Å². The molecular weight excluding hydrogens is 154 g/mol. The lowest BCUT2D eigenvalue weighted by Crippen LogP contribution is -2.32. The van der Waals surface area contributed by atoms with E-state index in [1.165, 1.54) is 0 Å². The van der Waals surface area contributed by atoms with E-state index in [1.807, 2.05) is 11.5 Å². The molecule has 2 rings (SSSR count). The molecule has 12 heavy (non-hydrogen) atoms. The van der Waals surface area contributed by atoms with Crippen molar-refractivity contribution in [2.24, 2.45) is 0 Å². The zero-order valence-electron chi connectivity index (χ0n) is 6.95. The molecule has 0 bridgehead atoms. The third-order valence-corrected chi connectivity index (χ3v) is 2.21. The van der Waals surface area contributed by atoms with Gasteiger partial charge in [0.1, 0.15) is 11.5 Å². The highest BCUT2D eigenvalue weighted by atomic mass is 16.1. The van der Waals surface area contributed by atoms with Crippen LogP contribution in [-0.4, -0.2) is 22.4 Å². The van der Waals surface area contributed by atoms with Gasteiger partial charge in [0.15, 0.2) is 6.29 Å². The second kappa shape index (κ2) is 2.71. The van der Waals surface area contributed by atoms with Gasteiger partial charge in [-0.1, -0.05) is 0 Å². The Morgan fingerprint density at radius 1 is 1.83 bits per heavy atom. The highest BCUT2D eigenvalue weighted by Gasteiger charge is 2.18. The standard InChI is InChI=1S/C8H11N3O/c1-6-8-10-4-7(5-12)11(8)3-2-9-6/h4-6,9H,2-3H2,1H3. The van der Waals surface area contributed by atoms with Crippen LogP contribution < -0.4 is 5.32 Å². The van der Waals surface area contributed by atoms with Crippen molar-refractivity contribution < 1.29 is 4.79 Å². The summed E-state index contributed by atoms with van der Waals surface area (Å²) in [7, 11) is 0. The number of rotatable bonds is 1. The van der Waals surface area contributed by atoms with Crippen molar-refractivity contribution in [1.82, 2.24) is 14.9 Å². The molecule has 0 aromatic carbocycles. The van der Waals surface area contributed by atoms with E-state index in [1.54, 1.807) is 6.20 Å². The van der Waals surface area contributed by atoms with Gasteiger partial charge in [-0.15, -0.1) is 0 Å². The summed E-state index contributed by atoms with van der Waals surface area (Å²) in [5.74, 6) is 0.961. The van der Waals surface area contributed by atoms with Gasteiger partial charge in [-0.05, 0) is 6.92 Å². The molecule has 0 saturated carbocycles. The first-order chi connectivity index (χ1) is 5.83. The Morgan fingerprint density at radius 3 is 3.42 bits per heavy atom. The maximum absolute atomic E-state index is 10.6. The maximum Gasteiger partial charge on any atom is 0.168 e. The number of carbonyl (C=O) groups excluding carboxylic acids is 1.